The van der Waals surface area contributed by atoms with Crippen LogP contribution in [0.2, 0.25) is 0 Å². The summed E-state index contributed by atoms with van der Waals surface area (Å²) in [6, 6.07) is 12.4. The summed E-state index contributed by atoms with van der Waals surface area (Å²) in [4.78, 5) is 38.2. The second-order valence-corrected chi connectivity index (χ2v) is 6.77. The van der Waals surface area contributed by atoms with Crippen molar-refractivity contribution in [2.24, 2.45) is 7.05 Å². The molecule has 0 radical (unpaired) electrons. The van der Waals surface area contributed by atoms with Gasteiger partial charge in [-0.3, -0.25) is 13.9 Å². The van der Waals surface area contributed by atoms with Crippen LogP contribution in [0.3, 0.4) is 0 Å². The Balaban J connectivity index is 1.60. The number of rotatable bonds is 3. The van der Waals surface area contributed by atoms with E-state index in [-0.39, 0.29) is 23.7 Å². The lowest BCUT2D eigenvalue weighted by Gasteiger charge is -2.29. The molecule has 0 bridgehead atoms. The number of hydrogen-bond donors (Lipinski definition) is 1. The van der Waals surface area contributed by atoms with Crippen LogP contribution in [0.4, 0.5) is 0 Å². The molecule has 138 valence electrons. The molecular weight excluding hydrogens is 346 g/mol. The number of benzene rings is 2. The van der Waals surface area contributed by atoms with Crippen molar-refractivity contribution in [2.45, 2.75) is 19.5 Å². The van der Waals surface area contributed by atoms with E-state index in [1.54, 1.807) is 24.1 Å². The summed E-state index contributed by atoms with van der Waals surface area (Å²) in [5, 5.41) is 9.17. The number of nitrogens with zero attached hydrogens (tertiary/aromatic N) is 3. The first-order chi connectivity index (χ1) is 13.0. The molecule has 4 rings (SSSR count). The average Bonchev–Trinajstić information content (AvgIpc) is 2.92. The summed E-state index contributed by atoms with van der Waals surface area (Å²) < 4.78 is 3.02. The topological polar surface area (TPSA) is 84.5 Å². The van der Waals surface area contributed by atoms with Gasteiger partial charge in [0.05, 0.1) is 16.6 Å². The standard InChI is InChI=1S/C20H19N3O4/c1-21-16-4-2-3-5-17(16)23(20(21)27)12-18(24)22-9-8-13-6-7-14(19(25)26)10-15(13)11-22/h2-7,10H,8-9,11-12H2,1H3,(H,25,26). The van der Waals surface area contributed by atoms with Gasteiger partial charge in [-0.2, -0.15) is 0 Å². The highest BCUT2D eigenvalue weighted by atomic mass is 16.4. The number of aromatic nitrogens is 2. The van der Waals surface area contributed by atoms with E-state index in [9.17, 15) is 14.4 Å². The van der Waals surface area contributed by atoms with Gasteiger partial charge < -0.3 is 10.0 Å². The Morgan fingerprint density at radius 2 is 1.81 bits per heavy atom. The number of imidazole rings is 1. The second kappa shape index (κ2) is 6.42. The molecule has 2 heterocycles. The van der Waals surface area contributed by atoms with Crippen LogP contribution in [0, 0.1) is 0 Å². The molecular formula is C20H19N3O4. The number of fused-ring (bicyclic) bond motifs is 2. The fraction of sp³-hybridized carbons (Fsp3) is 0.250. The molecule has 0 fully saturated rings. The summed E-state index contributed by atoms with van der Waals surface area (Å²) in [5.41, 5.74) is 3.41. The van der Waals surface area contributed by atoms with Crippen molar-refractivity contribution >= 4 is 22.9 Å². The van der Waals surface area contributed by atoms with E-state index in [4.69, 9.17) is 5.11 Å². The summed E-state index contributed by atoms with van der Waals surface area (Å²) in [6.45, 7) is 0.876. The van der Waals surface area contributed by atoms with E-state index in [0.717, 1.165) is 22.2 Å². The third-order valence-corrected chi connectivity index (χ3v) is 5.16. The first-order valence-electron chi connectivity index (χ1n) is 8.73. The molecule has 0 saturated carbocycles. The van der Waals surface area contributed by atoms with E-state index in [2.05, 4.69) is 0 Å². The zero-order valence-electron chi connectivity index (χ0n) is 14.9. The number of amides is 1. The van der Waals surface area contributed by atoms with Crippen LogP contribution in [0.5, 0.6) is 0 Å². The predicted octanol–water partition coefficient (Wildman–Crippen LogP) is 1.62. The summed E-state index contributed by atoms with van der Waals surface area (Å²) in [6.07, 6.45) is 0.672. The molecule has 0 atom stereocenters. The smallest absolute Gasteiger partial charge is 0.335 e. The molecule has 7 nitrogen and oxygen atoms in total. The van der Waals surface area contributed by atoms with Gasteiger partial charge in [-0.05, 0) is 41.8 Å². The highest BCUT2D eigenvalue weighted by Gasteiger charge is 2.23. The first-order valence-corrected chi connectivity index (χ1v) is 8.73. The highest BCUT2D eigenvalue weighted by molar-refractivity contribution is 5.88. The molecule has 0 unspecified atom stereocenters. The van der Waals surface area contributed by atoms with Crippen LogP contribution in [0.15, 0.2) is 47.3 Å². The van der Waals surface area contributed by atoms with E-state index in [1.807, 2.05) is 30.3 Å². The monoisotopic (exact) mass is 365 g/mol. The summed E-state index contributed by atoms with van der Waals surface area (Å²) >= 11 is 0. The van der Waals surface area contributed by atoms with Crippen LogP contribution >= 0.6 is 0 Å². The molecule has 1 aliphatic rings. The predicted molar refractivity (Wildman–Crippen MR) is 99.7 cm³/mol. The number of carbonyl (C=O) groups excluding carboxylic acids is 1. The molecule has 7 heteroatoms. The van der Waals surface area contributed by atoms with Gasteiger partial charge in [0.15, 0.2) is 0 Å². The molecule has 1 amide bonds. The number of hydrogen-bond acceptors (Lipinski definition) is 3. The van der Waals surface area contributed by atoms with E-state index in [1.165, 1.54) is 9.13 Å². The average molecular weight is 365 g/mol. The molecule has 3 aromatic rings. The van der Waals surface area contributed by atoms with Crippen molar-refractivity contribution in [3.8, 4) is 0 Å². The fourth-order valence-corrected chi connectivity index (χ4v) is 3.65. The Morgan fingerprint density at radius 3 is 2.56 bits per heavy atom. The van der Waals surface area contributed by atoms with Gasteiger partial charge in [0.2, 0.25) is 5.91 Å². The van der Waals surface area contributed by atoms with Gasteiger partial charge in [0, 0.05) is 20.1 Å². The number of aryl methyl sites for hydroxylation is 1. The molecule has 0 saturated heterocycles. The molecule has 1 aliphatic heterocycles. The van der Waals surface area contributed by atoms with Gasteiger partial charge >= 0.3 is 11.7 Å². The third kappa shape index (κ3) is 2.91. The van der Waals surface area contributed by atoms with Crippen LogP contribution in [0.25, 0.3) is 11.0 Å². The normalized spacial score (nSPS) is 13.6. The fourth-order valence-electron chi connectivity index (χ4n) is 3.65. The Hall–Kier alpha value is -3.35. The van der Waals surface area contributed by atoms with Gasteiger partial charge in [-0.25, -0.2) is 9.59 Å². The van der Waals surface area contributed by atoms with Crippen molar-refractivity contribution < 1.29 is 14.7 Å². The maximum absolute atomic E-state index is 12.8. The Morgan fingerprint density at radius 1 is 1.07 bits per heavy atom. The van der Waals surface area contributed by atoms with Crippen LogP contribution in [0.1, 0.15) is 21.5 Å². The molecule has 2 aromatic carbocycles. The van der Waals surface area contributed by atoms with Crippen molar-refractivity contribution in [1.29, 1.82) is 0 Å². The quantitative estimate of drug-likeness (QED) is 0.764. The molecule has 1 N–H and O–H groups in total. The maximum atomic E-state index is 12.8. The van der Waals surface area contributed by atoms with Crippen LogP contribution < -0.4 is 5.69 Å². The largest absolute Gasteiger partial charge is 0.478 e. The lowest BCUT2D eigenvalue weighted by atomic mass is 9.97. The molecule has 0 spiro atoms. The van der Waals surface area contributed by atoms with Crippen LogP contribution in [-0.2, 0) is 31.4 Å². The van der Waals surface area contributed by atoms with Gasteiger partial charge in [-0.1, -0.05) is 18.2 Å². The van der Waals surface area contributed by atoms with E-state index >= 15 is 0 Å². The van der Waals surface area contributed by atoms with Crippen LogP contribution in [-0.4, -0.2) is 37.6 Å². The molecule has 0 aliphatic carbocycles. The lowest BCUT2D eigenvalue weighted by molar-refractivity contribution is -0.132. The summed E-state index contributed by atoms with van der Waals surface area (Å²) in [5.74, 6) is -1.14. The third-order valence-electron chi connectivity index (χ3n) is 5.16. The van der Waals surface area contributed by atoms with Gasteiger partial charge in [0.1, 0.15) is 6.54 Å². The van der Waals surface area contributed by atoms with Gasteiger partial charge in [-0.15, -0.1) is 0 Å². The number of carboxylic acids is 1. The zero-order valence-corrected chi connectivity index (χ0v) is 14.9. The van der Waals surface area contributed by atoms with Crippen molar-refractivity contribution in [3.63, 3.8) is 0 Å². The van der Waals surface area contributed by atoms with Gasteiger partial charge in [0.25, 0.3) is 0 Å². The number of carboxylic acid groups (broad SMARTS) is 1. The Labute approximate surface area is 155 Å². The lowest BCUT2D eigenvalue weighted by Crippen LogP contribution is -2.39. The number of carbonyl (C=O) groups is 2. The maximum Gasteiger partial charge on any atom is 0.335 e. The first kappa shape index (κ1) is 17.1. The minimum atomic E-state index is -0.983. The van der Waals surface area contributed by atoms with E-state index < -0.39 is 5.97 Å². The summed E-state index contributed by atoms with van der Waals surface area (Å²) in [7, 11) is 1.69. The SMILES string of the molecule is Cn1c(=O)n(CC(=O)N2CCc3ccc(C(=O)O)cc3C2)c2ccccc21. The van der Waals surface area contributed by atoms with E-state index in [0.29, 0.717) is 19.5 Å². The molecule has 27 heavy (non-hydrogen) atoms. The zero-order chi connectivity index (χ0) is 19.1. The number of aromatic carboxylic acids is 1. The highest BCUT2D eigenvalue weighted by Crippen LogP contribution is 2.21. The minimum absolute atomic E-state index is 0.0336. The Kier molecular flexibility index (Phi) is 4.07. The van der Waals surface area contributed by atoms with Crippen molar-refractivity contribution in [1.82, 2.24) is 14.0 Å². The Bertz CT molecular complexity index is 1130. The molecule has 1 aromatic heterocycles. The van der Waals surface area contributed by atoms with Crippen molar-refractivity contribution in [2.75, 3.05) is 6.54 Å². The van der Waals surface area contributed by atoms with Crippen molar-refractivity contribution in [3.05, 3.63) is 69.6 Å². The number of para-hydroxylation sites is 2. The minimum Gasteiger partial charge on any atom is -0.478 e. The second-order valence-electron chi connectivity index (χ2n) is 6.77.